The quantitative estimate of drug-likeness (QED) is 0.116. The van der Waals surface area contributed by atoms with Crippen LogP contribution in [0, 0.1) is 11.3 Å². The van der Waals surface area contributed by atoms with E-state index >= 15 is 0 Å². The van der Waals surface area contributed by atoms with Crippen molar-refractivity contribution in [2.24, 2.45) is 0 Å². The highest BCUT2D eigenvalue weighted by atomic mass is 28.3. The Balaban J connectivity index is 1.04. The van der Waals surface area contributed by atoms with Crippen LogP contribution < -0.4 is 20.7 Å². The summed E-state index contributed by atoms with van der Waals surface area (Å²) in [5.74, 6) is 0. The summed E-state index contributed by atoms with van der Waals surface area (Å²) in [6.45, 7) is 0. The number of benzene rings is 10. The topological polar surface area (TPSA) is 38.6 Å². The smallest absolute Gasteiger partial charge is 0.179 e. The number of rotatable bonds is 7. The Kier molecular flexibility index (Phi) is 8.57. The van der Waals surface area contributed by atoms with Gasteiger partial charge in [-0.15, -0.1) is 0 Å². The lowest BCUT2D eigenvalue weighted by Gasteiger charge is -2.34. The summed E-state index contributed by atoms with van der Waals surface area (Å²) in [5.41, 5.74) is 10.7. The average molecular weight is 857 g/mol. The van der Waals surface area contributed by atoms with Gasteiger partial charge in [0, 0.05) is 43.7 Å². The number of hydrogen-bond acceptors (Lipinski definition) is 1. The van der Waals surface area contributed by atoms with E-state index in [2.05, 4.69) is 250 Å². The summed E-state index contributed by atoms with van der Waals surface area (Å²) < 4.78 is 7.24. The van der Waals surface area contributed by atoms with Crippen LogP contribution in [-0.4, -0.2) is 21.8 Å². The molecule has 0 atom stereocenters. The van der Waals surface area contributed by atoms with Crippen molar-refractivity contribution in [1.29, 1.82) is 5.26 Å². The zero-order valence-electron chi connectivity index (χ0n) is 35.9. The van der Waals surface area contributed by atoms with E-state index in [1.54, 1.807) is 0 Å². The monoisotopic (exact) mass is 856 g/mol. The van der Waals surface area contributed by atoms with Gasteiger partial charge in [0.1, 0.15) is 0 Å². The fourth-order valence-corrected chi connectivity index (χ4v) is 15.8. The first-order valence-electron chi connectivity index (χ1n) is 22.5. The van der Waals surface area contributed by atoms with Crippen LogP contribution in [0.15, 0.2) is 243 Å². The van der Waals surface area contributed by atoms with Crippen molar-refractivity contribution in [3.8, 4) is 23.1 Å². The van der Waals surface area contributed by atoms with E-state index in [-0.39, 0.29) is 0 Å². The third kappa shape index (κ3) is 5.49. The lowest BCUT2D eigenvalue weighted by molar-refractivity contribution is 1.13. The first-order valence-corrected chi connectivity index (χ1v) is 24.5. The zero-order chi connectivity index (χ0) is 43.8. The molecule has 0 amide bonds. The maximum atomic E-state index is 9.93. The maximum Gasteiger partial charge on any atom is 0.179 e. The highest BCUT2D eigenvalue weighted by Gasteiger charge is 2.41. The summed E-state index contributed by atoms with van der Waals surface area (Å²) in [6.07, 6.45) is 0. The lowest BCUT2D eigenvalue weighted by Crippen LogP contribution is -2.74. The minimum absolute atomic E-state index is 0.646. The molecule has 0 aliphatic heterocycles. The Hall–Kier alpha value is -8.69. The van der Waals surface area contributed by atoms with Gasteiger partial charge in [0.15, 0.2) is 8.07 Å². The van der Waals surface area contributed by atoms with Crippen molar-refractivity contribution in [2.75, 3.05) is 0 Å². The van der Waals surface area contributed by atoms with Gasteiger partial charge in [0.25, 0.3) is 0 Å². The summed E-state index contributed by atoms with van der Waals surface area (Å²) >= 11 is 0. The van der Waals surface area contributed by atoms with Crippen LogP contribution in [0.25, 0.3) is 82.5 Å². The Bertz CT molecular complexity index is 3950. The van der Waals surface area contributed by atoms with Gasteiger partial charge in [-0.3, -0.25) is 0 Å². The molecule has 0 aliphatic rings. The van der Waals surface area contributed by atoms with Gasteiger partial charge in [0.2, 0.25) is 0 Å². The van der Waals surface area contributed by atoms with Crippen LogP contribution in [0.5, 0.6) is 0 Å². The van der Waals surface area contributed by atoms with Crippen LogP contribution in [0.1, 0.15) is 5.56 Å². The zero-order valence-corrected chi connectivity index (χ0v) is 36.9. The predicted octanol–water partition coefficient (Wildman–Crippen LogP) is 12.2. The second-order valence-electron chi connectivity index (χ2n) is 17.2. The van der Waals surface area contributed by atoms with E-state index in [1.807, 2.05) is 12.1 Å². The predicted molar refractivity (Wildman–Crippen MR) is 278 cm³/mol. The average Bonchev–Trinajstić information content (AvgIpc) is 4.03. The molecule has 0 aliphatic carbocycles. The number of para-hydroxylation sites is 4. The van der Waals surface area contributed by atoms with Gasteiger partial charge in [0.05, 0.1) is 50.4 Å². The number of hydrogen-bond donors (Lipinski definition) is 0. The van der Waals surface area contributed by atoms with Gasteiger partial charge >= 0.3 is 0 Å². The molecule has 0 radical (unpaired) electrons. The minimum atomic E-state index is -2.72. The van der Waals surface area contributed by atoms with Gasteiger partial charge in [-0.25, -0.2) is 0 Å². The molecule has 13 aromatic rings. The minimum Gasteiger partial charge on any atom is -0.309 e. The van der Waals surface area contributed by atoms with Crippen molar-refractivity contribution in [2.45, 2.75) is 0 Å². The third-order valence-corrected chi connectivity index (χ3v) is 18.6. The highest BCUT2D eigenvalue weighted by molar-refractivity contribution is 7.19. The molecule has 3 aromatic heterocycles. The Labute approximate surface area is 382 Å². The first-order chi connectivity index (χ1) is 32.7. The molecular formula is C61H40N4Si. The number of nitrogens with zero attached hydrogens (tertiary/aromatic N) is 4. The molecule has 0 saturated carbocycles. The van der Waals surface area contributed by atoms with Crippen LogP contribution in [0.3, 0.4) is 0 Å². The van der Waals surface area contributed by atoms with E-state index in [4.69, 9.17) is 0 Å². The van der Waals surface area contributed by atoms with Crippen molar-refractivity contribution in [1.82, 2.24) is 13.7 Å². The molecule has 0 saturated heterocycles. The van der Waals surface area contributed by atoms with Gasteiger partial charge < -0.3 is 13.7 Å². The van der Waals surface area contributed by atoms with Crippen molar-refractivity contribution in [3.63, 3.8) is 0 Å². The highest BCUT2D eigenvalue weighted by Crippen LogP contribution is 2.41. The summed E-state index contributed by atoms with van der Waals surface area (Å²) in [5, 5.41) is 22.4. The fraction of sp³-hybridized carbons (Fsp3) is 0. The third-order valence-electron chi connectivity index (χ3n) is 13.8. The molecule has 13 rings (SSSR count). The van der Waals surface area contributed by atoms with Gasteiger partial charge in [-0.05, 0) is 87.5 Å². The Morgan fingerprint density at radius 3 is 1.36 bits per heavy atom. The Morgan fingerprint density at radius 2 is 0.758 bits per heavy atom. The molecule has 10 aromatic carbocycles. The van der Waals surface area contributed by atoms with Crippen molar-refractivity contribution in [3.05, 3.63) is 248 Å². The van der Waals surface area contributed by atoms with Gasteiger partial charge in [-0.2, -0.15) is 5.26 Å². The number of nitriles is 1. The van der Waals surface area contributed by atoms with Crippen LogP contribution >= 0.6 is 0 Å². The molecule has 4 nitrogen and oxygen atoms in total. The number of fused-ring (bicyclic) bond motifs is 9. The van der Waals surface area contributed by atoms with E-state index in [0.717, 1.165) is 55.5 Å². The van der Waals surface area contributed by atoms with Crippen molar-refractivity contribution >= 4 is 94.2 Å². The SMILES string of the molecule is N#Cc1ccc2c3ccccc3n(-c3ccc4c(c3)c3ccccc3n4-c3cccc4c5ccccc5n(-c5ccc([Si](c6ccccc6)(c6ccccc6)c6ccccc6)cc5)c34)c2c1. The summed E-state index contributed by atoms with van der Waals surface area (Å²) in [6, 6.07) is 91.0. The van der Waals surface area contributed by atoms with E-state index < -0.39 is 8.07 Å². The molecule has 0 N–H and O–H groups in total. The molecule has 3 heterocycles. The maximum absolute atomic E-state index is 9.93. The molecule has 0 fully saturated rings. The summed E-state index contributed by atoms with van der Waals surface area (Å²) in [7, 11) is -2.72. The fourth-order valence-electron chi connectivity index (χ4n) is 11.1. The molecule has 66 heavy (non-hydrogen) atoms. The largest absolute Gasteiger partial charge is 0.309 e. The van der Waals surface area contributed by atoms with E-state index in [1.165, 1.54) is 47.7 Å². The molecule has 5 heteroatoms. The van der Waals surface area contributed by atoms with E-state index in [9.17, 15) is 5.26 Å². The normalized spacial score (nSPS) is 11.9. The number of aromatic nitrogens is 3. The second-order valence-corrected chi connectivity index (χ2v) is 21.0. The van der Waals surface area contributed by atoms with Crippen molar-refractivity contribution < 1.29 is 0 Å². The lowest BCUT2D eigenvalue weighted by atomic mass is 10.1. The Morgan fingerprint density at radius 1 is 0.303 bits per heavy atom. The molecular weight excluding hydrogens is 817 g/mol. The first kappa shape index (κ1) is 37.8. The van der Waals surface area contributed by atoms with E-state index in [0.29, 0.717) is 5.56 Å². The van der Waals surface area contributed by atoms with Crippen LogP contribution in [0.4, 0.5) is 0 Å². The second kappa shape index (κ2) is 15.0. The molecule has 0 spiro atoms. The summed E-state index contributed by atoms with van der Waals surface area (Å²) in [4.78, 5) is 0. The standard InChI is InChI=1S/C61H40N4Si/c62-41-42-31-37-52-49-23-10-13-27-55(49)63(60(52)39-42)44-34-38-58-54(40-44)51-25-12-15-29-57(51)65(58)59-30-16-26-53-50-24-11-14-28-56(50)64(61(53)59)43-32-35-48(36-33-43)66(45-17-4-1-5-18-45,46-19-6-2-7-20-46)47-21-8-3-9-22-47/h1-40H. The molecule has 0 bridgehead atoms. The van der Waals surface area contributed by atoms with Crippen LogP contribution in [0.2, 0.25) is 0 Å². The molecule has 308 valence electrons. The van der Waals surface area contributed by atoms with Crippen LogP contribution in [-0.2, 0) is 0 Å². The molecule has 0 unspecified atom stereocenters. The van der Waals surface area contributed by atoms with Gasteiger partial charge in [-0.1, -0.05) is 176 Å².